The molecule has 47 heavy (non-hydrogen) atoms. The largest absolute Gasteiger partial charge is 0.457 e. The first-order chi connectivity index (χ1) is 23.0. The van der Waals surface area contributed by atoms with Crippen molar-refractivity contribution in [3.63, 3.8) is 0 Å². The molecule has 1 aliphatic heterocycles. The van der Waals surface area contributed by atoms with Crippen LogP contribution in [0.1, 0.15) is 25.0 Å². The van der Waals surface area contributed by atoms with Gasteiger partial charge in [-0.1, -0.05) is 117 Å². The smallest absolute Gasteiger partial charge is 0.164 e. The average molecular weight is 608 g/mol. The maximum atomic E-state index is 6.50. The molecule has 0 saturated carbocycles. The first-order valence-corrected chi connectivity index (χ1v) is 15.8. The minimum Gasteiger partial charge on any atom is -0.457 e. The van der Waals surface area contributed by atoms with Gasteiger partial charge in [-0.2, -0.15) is 0 Å². The van der Waals surface area contributed by atoms with Gasteiger partial charge >= 0.3 is 0 Å². The van der Waals surface area contributed by atoms with Crippen LogP contribution in [0, 0.1) is 0 Å². The van der Waals surface area contributed by atoms with Gasteiger partial charge in [0, 0.05) is 44.0 Å². The fourth-order valence-electron chi connectivity index (χ4n) is 6.67. The summed E-state index contributed by atoms with van der Waals surface area (Å²) >= 11 is 0. The lowest BCUT2D eigenvalue weighted by Gasteiger charge is -2.34. The minimum absolute atomic E-state index is 0.147. The zero-order valence-electron chi connectivity index (χ0n) is 25.9. The highest BCUT2D eigenvalue weighted by Crippen LogP contribution is 2.48. The molecular formula is C42H29N3O2. The molecule has 1 aliphatic rings. The first-order valence-electron chi connectivity index (χ1n) is 15.8. The van der Waals surface area contributed by atoms with E-state index in [1.165, 1.54) is 11.1 Å². The van der Waals surface area contributed by atoms with Crippen LogP contribution in [0.5, 0.6) is 11.5 Å². The van der Waals surface area contributed by atoms with Crippen LogP contribution >= 0.6 is 0 Å². The van der Waals surface area contributed by atoms with Crippen LogP contribution in [0.25, 0.3) is 67.2 Å². The van der Waals surface area contributed by atoms with Crippen molar-refractivity contribution in [2.45, 2.75) is 19.3 Å². The third-order valence-corrected chi connectivity index (χ3v) is 9.20. The molecule has 0 saturated heterocycles. The summed E-state index contributed by atoms with van der Waals surface area (Å²) in [6.07, 6.45) is 0. The van der Waals surface area contributed by atoms with E-state index in [2.05, 4.69) is 74.5 Å². The van der Waals surface area contributed by atoms with Crippen molar-refractivity contribution >= 4 is 21.9 Å². The average Bonchev–Trinajstić information content (AvgIpc) is 3.49. The van der Waals surface area contributed by atoms with Gasteiger partial charge in [0.25, 0.3) is 0 Å². The zero-order chi connectivity index (χ0) is 31.5. The number of ether oxygens (including phenoxy) is 1. The van der Waals surface area contributed by atoms with Crippen molar-refractivity contribution < 1.29 is 9.15 Å². The Morgan fingerprint density at radius 1 is 0.426 bits per heavy atom. The Labute approximate surface area is 272 Å². The van der Waals surface area contributed by atoms with E-state index in [1.807, 2.05) is 78.9 Å². The summed E-state index contributed by atoms with van der Waals surface area (Å²) < 4.78 is 12.9. The second-order valence-electron chi connectivity index (χ2n) is 12.5. The maximum Gasteiger partial charge on any atom is 0.164 e. The summed E-state index contributed by atoms with van der Waals surface area (Å²) in [6, 6.07) is 47.4. The molecule has 0 fully saturated rings. The van der Waals surface area contributed by atoms with E-state index < -0.39 is 0 Å². The number of para-hydroxylation sites is 1. The Hall–Kier alpha value is -6.07. The van der Waals surface area contributed by atoms with Crippen LogP contribution in [0.2, 0.25) is 0 Å². The minimum atomic E-state index is -0.147. The van der Waals surface area contributed by atoms with Gasteiger partial charge in [-0.15, -0.1) is 0 Å². The van der Waals surface area contributed by atoms with Crippen molar-refractivity contribution in [1.82, 2.24) is 15.0 Å². The third-order valence-electron chi connectivity index (χ3n) is 9.20. The molecule has 0 N–H and O–H groups in total. The number of fused-ring (bicyclic) bond motifs is 5. The highest BCUT2D eigenvalue weighted by Gasteiger charge is 2.34. The van der Waals surface area contributed by atoms with Gasteiger partial charge in [0.2, 0.25) is 0 Å². The molecular weight excluding hydrogens is 578 g/mol. The van der Waals surface area contributed by atoms with Crippen LogP contribution < -0.4 is 4.74 Å². The Morgan fingerprint density at radius 3 is 1.57 bits per heavy atom. The number of furan rings is 1. The van der Waals surface area contributed by atoms with Crippen molar-refractivity contribution in [1.29, 1.82) is 0 Å². The van der Waals surface area contributed by atoms with Crippen molar-refractivity contribution in [3.05, 3.63) is 151 Å². The summed E-state index contributed by atoms with van der Waals surface area (Å²) in [7, 11) is 0. The summed E-state index contributed by atoms with van der Waals surface area (Å²) in [6.45, 7) is 4.51. The Balaban J connectivity index is 1.11. The number of rotatable bonds is 4. The lowest BCUT2D eigenvalue weighted by atomic mass is 9.75. The Morgan fingerprint density at radius 2 is 0.915 bits per heavy atom. The lowest BCUT2D eigenvalue weighted by molar-refractivity contribution is 0.418. The van der Waals surface area contributed by atoms with Gasteiger partial charge in [0.05, 0.1) is 0 Å². The van der Waals surface area contributed by atoms with Crippen LogP contribution in [0.4, 0.5) is 0 Å². The fourth-order valence-corrected chi connectivity index (χ4v) is 6.67. The molecule has 0 amide bonds. The van der Waals surface area contributed by atoms with E-state index in [1.54, 1.807) is 0 Å². The molecule has 6 aromatic carbocycles. The van der Waals surface area contributed by atoms with Crippen molar-refractivity contribution in [2.24, 2.45) is 0 Å². The molecule has 5 heteroatoms. The summed E-state index contributed by atoms with van der Waals surface area (Å²) in [4.78, 5) is 14.6. The lowest BCUT2D eigenvalue weighted by Crippen LogP contribution is -2.24. The van der Waals surface area contributed by atoms with Gasteiger partial charge in [0.15, 0.2) is 17.5 Å². The van der Waals surface area contributed by atoms with Crippen molar-refractivity contribution in [2.75, 3.05) is 0 Å². The van der Waals surface area contributed by atoms with Crippen LogP contribution in [0.15, 0.2) is 144 Å². The second kappa shape index (κ2) is 10.5. The summed E-state index contributed by atoms with van der Waals surface area (Å²) in [5.41, 5.74) is 8.72. The summed E-state index contributed by atoms with van der Waals surface area (Å²) in [5, 5.41) is 2.10. The predicted octanol–water partition coefficient (Wildman–Crippen LogP) is 10.9. The predicted molar refractivity (Wildman–Crippen MR) is 187 cm³/mol. The fraction of sp³-hybridized carbons (Fsp3) is 0.0714. The number of benzene rings is 6. The Bertz CT molecular complexity index is 2410. The van der Waals surface area contributed by atoms with Gasteiger partial charge in [-0.25, -0.2) is 15.0 Å². The number of aromatic nitrogens is 3. The SMILES string of the molecule is CC1(C)c2ccccc2Oc2cc(-c3ccc4c(c3)oc3cc(-c5nc(-c6ccccc6)nc(-c6ccccc6)n5)ccc34)ccc21. The molecule has 5 nitrogen and oxygen atoms in total. The van der Waals surface area contributed by atoms with Crippen molar-refractivity contribution in [3.8, 4) is 56.8 Å². The van der Waals surface area contributed by atoms with Crippen LogP contribution in [-0.2, 0) is 5.41 Å². The number of hydrogen-bond acceptors (Lipinski definition) is 5. The highest BCUT2D eigenvalue weighted by atomic mass is 16.5. The zero-order valence-corrected chi connectivity index (χ0v) is 25.9. The molecule has 3 heterocycles. The van der Waals surface area contributed by atoms with Crippen LogP contribution in [-0.4, -0.2) is 15.0 Å². The van der Waals surface area contributed by atoms with Gasteiger partial charge in [-0.3, -0.25) is 0 Å². The number of nitrogens with zero attached hydrogens (tertiary/aromatic N) is 3. The standard InChI is InChI=1S/C42H29N3O2/c1-42(2)33-15-9-10-16-35(33)46-38-24-29(19-22-34(38)42)28-17-20-31-32-21-18-30(25-37(32)47-36(31)23-28)41-44-39(26-11-5-3-6-12-26)43-40(45-41)27-13-7-4-8-14-27/h3-25H,1-2H3. The van der Waals surface area contributed by atoms with E-state index in [0.717, 1.165) is 61.3 Å². The molecule has 2 aromatic heterocycles. The van der Waals surface area contributed by atoms with E-state index in [-0.39, 0.29) is 5.41 Å². The molecule has 0 atom stereocenters. The maximum absolute atomic E-state index is 6.50. The third kappa shape index (κ3) is 4.59. The second-order valence-corrected chi connectivity index (χ2v) is 12.5. The molecule has 0 unspecified atom stereocenters. The monoisotopic (exact) mass is 607 g/mol. The molecule has 224 valence electrons. The van der Waals surface area contributed by atoms with Crippen LogP contribution in [0.3, 0.4) is 0 Å². The topological polar surface area (TPSA) is 61.0 Å². The number of hydrogen-bond donors (Lipinski definition) is 0. The van der Waals surface area contributed by atoms with E-state index >= 15 is 0 Å². The first kappa shape index (κ1) is 27.3. The summed E-state index contributed by atoms with van der Waals surface area (Å²) in [5.74, 6) is 3.66. The molecule has 0 spiro atoms. The van der Waals surface area contributed by atoms with Gasteiger partial charge < -0.3 is 9.15 Å². The molecule has 0 radical (unpaired) electrons. The normalized spacial score (nSPS) is 13.2. The highest BCUT2D eigenvalue weighted by molar-refractivity contribution is 6.06. The molecule has 9 rings (SSSR count). The van der Waals surface area contributed by atoms with Gasteiger partial charge in [0.1, 0.15) is 22.7 Å². The van der Waals surface area contributed by atoms with E-state index in [4.69, 9.17) is 24.1 Å². The Kier molecular flexibility index (Phi) is 6.09. The van der Waals surface area contributed by atoms with E-state index in [9.17, 15) is 0 Å². The quantitative estimate of drug-likeness (QED) is 0.199. The van der Waals surface area contributed by atoms with E-state index in [0.29, 0.717) is 17.5 Å². The molecule has 0 bridgehead atoms. The molecule has 0 aliphatic carbocycles. The van der Waals surface area contributed by atoms with Gasteiger partial charge in [-0.05, 0) is 47.5 Å². The molecule has 8 aromatic rings.